The second kappa shape index (κ2) is 5.31. The van der Waals surface area contributed by atoms with Gasteiger partial charge in [-0.3, -0.25) is 4.79 Å². The first kappa shape index (κ1) is 13.4. The lowest BCUT2D eigenvalue weighted by atomic mass is 10.2. The van der Waals surface area contributed by atoms with Gasteiger partial charge in [-0.05, 0) is 42.7 Å². The van der Waals surface area contributed by atoms with Crippen molar-refractivity contribution in [3.05, 3.63) is 39.9 Å². The van der Waals surface area contributed by atoms with E-state index in [0.29, 0.717) is 10.0 Å². The van der Waals surface area contributed by atoms with Crippen molar-refractivity contribution in [1.82, 2.24) is 5.32 Å². The summed E-state index contributed by atoms with van der Waals surface area (Å²) in [5.41, 5.74) is 0.365. The van der Waals surface area contributed by atoms with Gasteiger partial charge in [0.2, 0.25) is 5.91 Å². The van der Waals surface area contributed by atoms with Crippen LogP contribution in [0.25, 0.3) is 6.08 Å². The molecule has 1 aliphatic carbocycles. The predicted molar refractivity (Wildman–Crippen MR) is 72.7 cm³/mol. The Morgan fingerprint density at radius 3 is 2.44 bits per heavy atom. The smallest absolute Gasteiger partial charge is 0.244 e. The van der Waals surface area contributed by atoms with Crippen LogP contribution in [0.3, 0.4) is 0 Å². The summed E-state index contributed by atoms with van der Waals surface area (Å²) >= 11 is 11.7. The summed E-state index contributed by atoms with van der Waals surface area (Å²) in [6, 6.07) is 5.07. The highest BCUT2D eigenvalue weighted by molar-refractivity contribution is 6.34. The van der Waals surface area contributed by atoms with Crippen LogP contribution in [0.5, 0.6) is 0 Å². The number of hydrogen-bond donors (Lipinski definition) is 2. The van der Waals surface area contributed by atoms with E-state index in [2.05, 4.69) is 5.32 Å². The molecule has 0 spiro atoms. The van der Waals surface area contributed by atoms with Crippen LogP contribution in [-0.4, -0.2) is 23.2 Å². The van der Waals surface area contributed by atoms with Crippen molar-refractivity contribution in [2.24, 2.45) is 0 Å². The molecule has 1 amide bonds. The minimum atomic E-state index is -0.395. The van der Waals surface area contributed by atoms with Crippen molar-refractivity contribution in [3.8, 4) is 0 Å². The van der Waals surface area contributed by atoms with Gasteiger partial charge in [0.25, 0.3) is 0 Å². The number of amides is 1. The first-order chi connectivity index (χ1) is 8.53. The van der Waals surface area contributed by atoms with Gasteiger partial charge in [0, 0.05) is 16.1 Å². The Labute approximate surface area is 115 Å². The van der Waals surface area contributed by atoms with Gasteiger partial charge in [-0.1, -0.05) is 23.2 Å². The van der Waals surface area contributed by atoms with Crippen molar-refractivity contribution in [2.75, 3.05) is 6.61 Å². The molecule has 0 bridgehead atoms. The minimum absolute atomic E-state index is 0.0183. The van der Waals surface area contributed by atoms with E-state index in [0.717, 1.165) is 18.4 Å². The molecule has 0 aliphatic heterocycles. The SMILES string of the molecule is O=C(/C=C/c1cc(Cl)cc(Cl)c1)NC1(CO)CC1. The first-order valence-electron chi connectivity index (χ1n) is 5.60. The average molecular weight is 286 g/mol. The summed E-state index contributed by atoms with van der Waals surface area (Å²) in [7, 11) is 0. The van der Waals surface area contributed by atoms with Crippen LogP contribution in [0, 0.1) is 0 Å². The van der Waals surface area contributed by atoms with Gasteiger partial charge < -0.3 is 10.4 Å². The molecule has 3 nitrogen and oxygen atoms in total. The van der Waals surface area contributed by atoms with Crippen molar-refractivity contribution in [3.63, 3.8) is 0 Å². The molecule has 1 aliphatic rings. The molecule has 0 saturated heterocycles. The maximum Gasteiger partial charge on any atom is 0.244 e. The lowest BCUT2D eigenvalue weighted by Gasteiger charge is -2.11. The first-order valence-corrected chi connectivity index (χ1v) is 6.36. The van der Waals surface area contributed by atoms with Crippen LogP contribution in [-0.2, 0) is 4.79 Å². The Morgan fingerprint density at radius 2 is 1.94 bits per heavy atom. The molecule has 0 radical (unpaired) electrons. The Bertz CT molecular complexity index is 476. The summed E-state index contributed by atoms with van der Waals surface area (Å²) in [6.07, 6.45) is 4.70. The van der Waals surface area contributed by atoms with Crippen molar-refractivity contribution in [2.45, 2.75) is 18.4 Å². The van der Waals surface area contributed by atoms with Gasteiger partial charge in [0.05, 0.1) is 12.1 Å². The summed E-state index contributed by atoms with van der Waals surface area (Å²) in [6.45, 7) is -0.0183. The summed E-state index contributed by atoms with van der Waals surface area (Å²) in [5, 5.41) is 12.9. The van der Waals surface area contributed by atoms with Gasteiger partial charge in [0.1, 0.15) is 0 Å². The number of nitrogens with one attached hydrogen (secondary N) is 1. The monoisotopic (exact) mass is 285 g/mol. The predicted octanol–water partition coefficient (Wildman–Crippen LogP) is 2.65. The van der Waals surface area contributed by atoms with E-state index in [1.165, 1.54) is 6.08 Å². The van der Waals surface area contributed by atoms with Crippen LogP contribution >= 0.6 is 23.2 Å². The standard InChI is InChI=1S/C13H13Cl2NO2/c14-10-5-9(6-11(15)7-10)1-2-12(18)16-13(8-17)3-4-13/h1-2,5-7,17H,3-4,8H2,(H,16,18)/b2-1+. The lowest BCUT2D eigenvalue weighted by molar-refractivity contribution is -0.117. The molecule has 18 heavy (non-hydrogen) atoms. The Kier molecular flexibility index (Phi) is 3.95. The topological polar surface area (TPSA) is 49.3 Å². The highest BCUT2D eigenvalue weighted by atomic mass is 35.5. The molecule has 1 aromatic rings. The number of rotatable bonds is 4. The Morgan fingerprint density at radius 1 is 1.33 bits per heavy atom. The Balaban J connectivity index is 1.99. The minimum Gasteiger partial charge on any atom is -0.394 e. The molecule has 1 aromatic carbocycles. The van der Waals surface area contributed by atoms with Crippen LogP contribution < -0.4 is 5.32 Å². The van der Waals surface area contributed by atoms with E-state index < -0.39 is 5.54 Å². The van der Waals surface area contributed by atoms with Crippen molar-refractivity contribution >= 4 is 35.2 Å². The third-order valence-electron chi connectivity index (χ3n) is 2.86. The molecule has 2 rings (SSSR count). The van der Waals surface area contributed by atoms with E-state index in [1.54, 1.807) is 24.3 Å². The molecule has 0 unspecified atom stereocenters. The summed E-state index contributed by atoms with van der Waals surface area (Å²) in [4.78, 5) is 11.6. The second-order valence-corrected chi connectivity index (χ2v) is 5.34. The zero-order chi connectivity index (χ0) is 13.2. The normalized spacial score (nSPS) is 16.8. The number of carbonyl (C=O) groups excluding carboxylic acids is 1. The third kappa shape index (κ3) is 3.48. The molecule has 2 N–H and O–H groups in total. The van der Waals surface area contributed by atoms with E-state index >= 15 is 0 Å². The Hall–Kier alpha value is -1.03. The van der Waals surface area contributed by atoms with E-state index in [-0.39, 0.29) is 12.5 Å². The summed E-state index contributed by atoms with van der Waals surface area (Å²) < 4.78 is 0. The number of halogens is 2. The quantitative estimate of drug-likeness (QED) is 0.836. The molecular weight excluding hydrogens is 273 g/mol. The van der Waals surface area contributed by atoms with Crippen molar-refractivity contribution in [1.29, 1.82) is 0 Å². The number of aliphatic hydroxyl groups excluding tert-OH is 1. The van der Waals surface area contributed by atoms with Gasteiger partial charge >= 0.3 is 0 Å². The maximum atomic E-state index is 11.6. The fourth-order valence-corrected chi connectivity index (χ4v) is 2.16. The molecular formula is C13H13Cl2NO2. The largest absolute Gasteiger partial charge is 0.394 e. The molecule has 0 heterocycles. The number of aliphatic hydroxyl groups is 1. The maximum absolute atomic E-state index is 11.6. The van der Waals surface area contributed by atoms with Crippen LogP contribution in [0.4, 0.5) is 0 Å². The van der Waals surface area contributed by atoms with Gasteiger partial charge in [-0.15, -0.1) is 0 Å². The zero-order valence-electron chi connectivity index (χ0n) is 9.62. The number of hydrogen-bond acceptors (Lipinski definition) is 2. The fraction of sp³-hybridized carbons (Fsp3) is 0.308. The van der Waals surface area contributed by atoms with Crippen LogP contribution in [0.15, 0.2) is 24.3 Å². The van der Waals surface area contributed by atoms with E-state index in [9.17, 15) is 4.79 Å². The van der Waals surface area contributed by atoms with Gasteiger partial charge in [-0.25, -0.2) is 0 Å². The fourth-order valence-electron chi connectivity index (χ4n) is 1.62. The van der Waals surface area contributed by atoms with E-state index in [1.807, 2.05) is 0 Å². The molecule has 0 atom stereocenters. The highest BCUT2D eigenvalue weighted by Crippen LogP contribution is 2.34. The van der Waals surface area contributed by atoms with Crippen LogP contribution in [0.1, 0.15) is 18.4 Å². The lowest BCUT2D eigenvalue weighted by Crippen LogP contribution is -2.38. The number of benzene rings is 1. The van der Waals surface area contributed by atoms with Crippen LogP contribution in [0.2, 0.25) is 10.0 Å². The molecule has 0 aromatic heterocycles. The summed E-state index contributed by atoms with van der Waals surface area (Å²) in [5.74, 6) is -0.224. The molecule has 96 valence electrons. The van der Waals surface area contributed by atoms with Gasteiger partial charge in [-0.2, -0.15) is 0 Å². The second-order valence-electron chi connectivity index (χ2n) is 4.46. The molecule has 1 fully saturated rings. The van der Waals surface area contributed by atoms with E-state index in [4.69, 9.17) is 28.3 Å². The molecule has 5 heteroatoms. The third-order valence-corrected chi connectivity index (χ3v) is 3.29. The average Bonchev–Trinajstić information content (AvgIpc) is 3.06. The highest BCUT2D eigenvalue weighted by Gasteiger charge is 2.42. The van der Waals surface area contributed by atoms with Gasteiger partial charge in [0.15, 0.2) is 0 Å². The zero-order valence-corrected chi connectivity index (χ0v) is 11.1. The molecule has 1 saturated carbocycles. The number of carbonyl (C=O) groups is 1. The van der Waals surface area contributed by atoms with Crippen molar-refractivity contribution < 1.29 is 9.90 Å².